The number of nitrogens with zero attached hydrogens (tertiary/aromatic N) is 2. The molecule has 1 aliphatic heterocycles. The van der Waals surface area contributed by atoms with Gasteiger partial charge in [0.15, 0.2) is 16.6 Å². The Morgan fingerprint density at radius 1 is 1.17 bits per heavy atom. The summed E-state index contributed by atoms with van der Waals surface area (Å²) in [6.45, 7) is 3.45. The van der Waals surface area contributed by atoms with Crippen LogP contribution in [0.15, 0.2) is 54.1 Å². The van der Waals surface area contributed by atoms with E-state index in [9.17, 15) is 24.6 Å². The van der Waals surface area contributed by atoms with Crippen LogP contribution in [0, 0.1) is 6.92 Å². The number of aryl methyl sites for hydroxylation is 1. The first kappa shape index (κ1) is 24.0. The fourth-order valence-corrected chi connectivity index (χ4v) is 4.82. The molecule has 1 atom stereocenters. The molecule has 0 unspecified atom stereocenters. The van der Waals surface area contributed by atoms with Crippen molar-refractivity contribution in [1.82, 2.24) is 4.98 Å². The molecule has 1 saturated heterocycles. The number of benzene rings is 2. The summed E-state index contributed by atoms with van der Waals surface area (Å²) >= 11 is 0.914. The summed E-state index contributed by atoms with van der Waals surface area (Å²) in [6.07, 6.45) is 0. The summed E-state index contributed by atoms with van der Waals surface area (Å²) in [5.41, 5.74) is 0.931. The van der Waals surface area contributed by atoms with Gasteiger partial charge in [-0.2, -0.15) is 0 Å². The van der Waals surface area contributed by atoms with E-state index in [2.05, 4.69) is 4.98 Å². The van der Waals surface area contributed by atoms with Crippen LogP contribution in [0.5, 0.6) is 11.5 Å². The lowest BCUT2D eigenvalue weighted by molar-refractivity contribution is -0.132. The molecule has 1 fully saturated rings. The molecule has 2 N–H and O–H groups in total. The lowest BCUT2D eigenvalue weighted by atomic mass is 9.95. The van der Waals surface area contributed by atoms with E-state index in [1.165, 1.54) is 25.3 Å². The number of phenols is 1. The molecule has 180 valence electrons. The summed E-state index contributed by atoms with van der Waals surface area (Å²) in [4.78, 5) is 44.6. The van der Waals surface area contributed by atoms with Crippen molar-refractivity contribution in [2.75, 3.05) is 18.6 Å². The highest BCUT2D eigenvalue weighted by Gasteiger charge is 2.48. The van der Waals surface area contributed by atoms with Gasteiger partial charge in [-0.25, -0.2) is 9.78 Å². The van der Waals surface area contributed by atoms with E-state index < -0.39 is 23.7 Å². The van der Waals surface area contributed by atoms with Crippen molar-refractivity contribution in [2.45, 2.75) is 19.9 Å². The zero-order valence-corrected chi connectivity index (χ0v) is 20.0. The van der Waals surface area contributed by atoms with Crippen LogP contribution < -0.4 is 9.64 Å². The fourth-order valence-electron chi connectivity index (χ4n) is 3.83. The van der Waals surface area contributed by atoms with Crippen LogP contribution in [-0.2, 0) is 14.3 Å². The number of rotatable bonds is 6. The number of methoxy groups -OCH3 is 1. The number of aromatic nitrogens is 1. The number of thiazole rings is 1. The Hall–Kier alpha value is -4.18. The summed E-state index contributed by atoms with van der Waals surface area (Å²) < 4.78 is 10.3. The quantitative estimate of drug-likeness (QED) is 0.228. The summed E-state index contributed by atoms with van der Waals surface area (Å²) in [6, 6.07) is 11.6. The van der Waals surface area contributed by atoms with Gasteiger partial charge in [-0.1, -0.05) is 47.7 Å². The Balaban J connectivity index is 1.94. The standard InChI is InChI=1S/C25H22N2O7S/c1-4-34-24(32)22-13(2)26-25(35-22)27-19(15-10-11-16(28)17(12-15)33-3)18(21(30)23(27)31)20(29)14-8-6-5-7-9-14/h5-12,19,28-29H,4H2,1-3H3/b20-18+/t19-/m1/s1. The van der Waals surface area contributed by atoms with Crippen LogP contribution in [0.3, 0.4) is 0 Å². The van der Waals surface area contributed by atoms with Crippen molar-refractivity contribution in [3.63, 3.8) is 0 Å². The monoisotopic (exact) mass is 494 g/mol. The maximum atomic E-state index is 13.3. The lowest BCUT2D eigenvalue weighted by Gasteiger charge is -2.23. The topological polar surface area (TPSA) is 126 Å². The number of aliphatic hydroxyl groups is 1. The SMILES string of the molecule is CCOC(=O)c1sc(N2C(=O)C(=O)/C(=C(/O)c3ccccc3)[C@H]2c2ccc(O)c(OC)c2)nc1C. The number of aliphatic hydroxyl groups excluding tert-OH is 1. The van der Waals surface area contributed by atoms with E-state index in [-0.39, 0.29) is 39.4 Å². The Labute approximate surface area is 204 Å². The molecule has 0 aliphatic carbocycles. The fraction of sp³-hybridized carbons (Fsp3) is 0.200. The number of aromatic hydroxyl groups is 1. The highest BCUT2D eigenvalue weighted by Crippen LogP contribution is 2.45. The Bertz CT molecular complexity index is 1350. The number of Topliss-reactive ketones (excluding diaryl/α,β-unsaturated/α-hetero) is 1. The summed E-state index contributed by atoms with van der Waals surface area (Å²) in [5.74, 6) is -2.78. The van der Waals surface area contributed by atoms with E-state index in [1.54, 1.807) is 44.2 Å². The second kappa shape index (κ2) is 9.59. The summed E-state index contributed by atoms with van der Waals surface area (Å²) in [5, 5.41) is 21.3. The lowest BCUT2D eigenvalue weighted by Crippen LogP contribution is -2.29. The van der Waals surface area contributed by atoms with Crippen molar-refractivity contribution < 1.29 is 34.1 Å². The average Bonchev–Trinajstić information content (AvgIpc) is 3.36. The Morgan fingerprint density at radius 3 is 2.54 bits per heavy atom. The van der Waals surface area contributed by atoms with Crippen molar-refractivity contribution in [3.05, 3.63) is 75.8 Å². The van der Waals surface area contributed by atoms with Gasteiger partial charge in [-0.15, -0.1) is 0 Å². The third kappa shape index (κ3) is 4.24. The van der Waals surface area contributed by atoms with Gasteiger partial charge < -0.3 is 19.7 Å². The molecule has 1 aliphatic rings. The van der Waals surface area contributed by atoms with Crippen LogP contribution in [0.4, 0.5) is 5.13 Å². The molecule has 10 heteroatoms. The molecule has 0 spiro atoms. The number of carbonyl (C=O) groups is 3. The van der Waals surface area contributed by atoms with Crippen LogP contribution >= 0.6 is 11.3 Å². The molecular formula is C25H22N2O7S. The van der Waals surface area contributed by atoms with Gasteiger partial charge in [-0.05, 0) is 31.5 Å². The van der Waals surface area contributed by atoms with Crippen LogP contribution in [0.1, 0.15) is 39.5 Å². The predicted molar refractivity (Wildman–Crippen MR) is 129 cm³/mol. The van der Waals surface area contributed by atoms with Gasteiger partial charge in [-0.3, -0.25) is 14.5 Å². The normalized spacial score (nSPS) is 17.0. The number of esters is 1. The molecule has 0 radical (unpaired) electrons. The highest BCUT2D eigenvalue weighted by molar-refractivity contribution is 7.17. The average molecular weight is 495 g/mol. The van der Waals surface area contributed by atoms with E-state index in [1.807, 2.05) is 0 Å². The van der Waals surface area contributed by atoms with Crippen LogP contribution in [0.25, 0.3) is 5.76 Å². The second-order valence-electron chi connectivity index (χ2n) is 7.60. The van der Waals surface area contributed by atoms with Crippen molar-refractivity contribution in [1.29, 1.82) is 0 Å². The molecule has 4 rings (SSSR count). The largest absolute Gasteiger partial charge is 0.507 e. The molecule has 0 saturated carbocycles. The van der Waals surface area contributed by atoms with Crippen molar-refractivity contribution in [2.24, 2.45) is 0 Å². The summed E-state index contributed by atoms with van der Waals surface area (Å²) in [7, 11) is 1.37. The van der Waals surface area contributed by atoms with Crippen molar-refractivity contribution >= 4 is 39.9 Å². The van der Waals surface area contributed by atoms with E-state index in [4.69, 9.17) is 9.47 Å². The van der Waals surface area contributed by atoms with Gasteiger partial charge >= 0.3 is 11.9 Å². The molecule has 1 aromatic heterocycles. The van der Waals surface area contributed by atoms with Gasteiger partial charge in [0.2, 0.25) is 0 Å². The zero-order chi connectivity index (χ0) is 25.3. The third-order valence-electron chi connectivity index (χ3n) is 5.46. The molecule has 2 aromatic carbocycles. The Kier molecular flexibility index (Phi) is 6.57. The third-order valence-corrected chi connectivity index (χ3v) is 6.60. The van der Waals surface area contributed by atoms with Crippen molar-refractivity contribution in [3.8, 4) is 11.5 Å². The number of hydrogen-bond donors (Lipinski definition) is 2. The van der Waals surface area contributed by atoms with Crippen LogP contribution in [-0.4, -0.2) is 46.6 Å². The number of phenolic OH excluding ortho intramolecular Hbond substituents is 1. The number of hydrogen-bond acceptors (Lipinski definition) is 9. The second-order valence-corrected chi connectivity index (χ2v) is 8.58. The van der Waals surface area contributed by atoms with Gasteiger partial charge in [0, 0.05) is 5.56 Å². The van der Waals surface area contributed by atoms with Crippen LogP contribution in [0.2, 0.25) is 0 Å². The minimum atomic E-state index is -1.09. The Morgan fingerprint density at radius 2 is 1.89 bits per heavy atom. The maximum absolute atomic E-state index is 13.3. The van der Waals surface area contributed by atoms with Gasteiger partial charge in [0.1, 0.15) is 10.6 Å². The molecular weight excluding hydrogens is 472 g/mol. The first-order valence-electron chi connectivity index (χ1n) is 10.7. The highest BCUT2D eigenvalue weighted by atomic mass is 32.1. The maximum Gasteiger partial charge on any atom is 0.350 e. The molecule has 2 heterocycles. The number of ketones is 1. The van der Waals surface area contributed by atoms with Gasteiger partial charge in [0.25, 0.3) is 5.78 Å². The minimum Gasteiger partial charge on any atom is -0.507 e. The molecule has 3 aromatic rings. The molecule has 9 nitrogen and oxygen atoms in total. The first-order chi connectivity index (χ1) is 16.8. The smallest absolute Gasteiger partial charge is 0.350 e. The number of carbonyl (C=O) groups excluding carboxylic acids is 3. The zero-order valence-electron chi connectivity index (χ0n) is 19.1. The first-order valence-corrected chi connectivity index (χ1v) is 11.5. The number of amides is 1. The molecule has 1 amide bonds. The number of ether oxygens (including phenoxy) is 2. The van der Waals surface area contributed by atoms with Gasteiger partial charge in [0.05, 0.1) is 31.0 Å². The molecule has 35 heavy (non-hydrogen) atoms. The minimum absolute atomic E-state index is 0.0943. The number of anilines is 1. The van der Waals surface area contributed by atoms with E-state index in [0.29, 0.717) is 16.8 Å². The van der Waals surface area contributed by atoms with E-state index >= 15 is 0 Å². The predicted octanol–water partition coefficient (Wildman–Crippen LogP) is 3.97. The van der Waals surface area contributed by atoms with E-state index in [0.717, 1.165) is 16.2 Å². The molecule has 0 bridgehead atoms.